The Labute approximate surface area is 184 Å². The highest BCUT2D eigenvalue weighted by Gasteiger charge is 2.26. The lowest BCUT2D eigenvalue weighted by Gasteiger charge is -2.31. The monoisotopic (exact) mass is 429 g/mol. The van der Waals surface area contributed by atoms with Crippen LogP contribution < -0.4 is 10.5 Å². The molecule has 4 aromatic heterocycles. The van der Waals surface area contributed by atoms with Crippen LogP contribution in [0.25, 0.3) is 16.9 Å². The topological polar surface area (TPSA) is 90.4 Å². The molecule has 9 heteroatoms. The first kappa shape index (κ1) is 19.1. The minimum Gasteiger partial charge on any atom is -0.377 e. The van der Waals surface area contributed by atoms with Crippen molar-refractivity contribution >= 4 is 11.5 Å². The van der Waals surface area contributed by atoms with Gasteiger partial charge in [0, 0.05) is 66.6 Å². The molecule has 32 heavy (non-hydrogen) atoms. The fourth-order valence-electron chi connectivity index (χ4n) is 4.50. The minimum atomic E-state index is -0.172. The van der Waals surface area contributed by atoms with Gasteiger partial charge in [0.05, 0.1) is 24.9 Å². The molecule has 0 amide bonds. The van der Waals surface area contributed by atoms with Gasteiger partial charge in [0.25, 0.3) is 5.56 Å². The maximum atomic E-state index is 12.4. The number of fused-ring (bicyclic) bond motifs is 2. The van der Waals surface area contributed by atoms with E-state index in [1.165, 1.54) is 22.3 Å². The second-order valence-electron chi connectivity index (χ2n) is 8.45. The summed E-state index contributed by atoms with van der Waals surface area (Å²) >= 11 is 0. The molecule has 2 aliphatic heterocycles. The van der Waals surface area contributed by atoms with Crippen LogP contribution >= 0.6 is 0 Å². The number of pyridine rings is 1. The quantitative estimate of drug-likeness (QED) is 0.493. The SMILES string of the molecule is Cc1c(N2CCc3ncc(-c4ccnn4C4COC4)cc3C2)nn2c(=O)ccnc2c1C. The molecule has 162 valence electrons. The van der Waals surface area contributed by atoms with Gasteiger partial charge in [0.1, 0.15) is 0 Å². The zero-order chi connectivity index (χ0) is 21.8. The van der Waals surface area contributed by atoms with Crippen LogP contribution in [0.5, 0.6) is 0 Å². The molecule has 0 spiro atoms. The summed E-state index contributed by atoms with van der Waals surface area (Å²) in [5.41, 5.74) is 6.83. The first-order valence-corrected chi connectivity index (χ1v) is 10.8. The third-order valence-electron chi connectivity index (χ3n) is 6.52. The van der Waals surface area contributed by atoms with E-state index < -0.39 is 0 Å². The molecule has 1 fully saturated rings. The van der Waals surface area contributed by atoms with E-state index in [1.54, 1.807) is 0 Å². The van der Waals surface area contributed by atoms with Crippen molar-refractivity contribution in [3.63, 3.8) is 0 Å². The number of hydrogen-bond acceptors (Lipinski definition) is 7. The third kappa shape index (κ3) is 2.92. The van der Waals surface area contributed by atoms with E-state index in [4.69, 9.17) is 9.72 Å². The second-order valence-corrected chi connectivity index (χ2v) is 8.45. The first-order chi connectivity index (χ1) is 15.6. The second kappa shape index (κ2) is 7.23. The zero-order valence-electron chi connectivity index (χ0n) is 18.0. The van der Waals surface area contributed by atoms with Crippen molar-refractivity contribution in [2.75, 3.05) is 24.7 Å². The van der Waals surface area contributed by atoms with E-state index in [9.17, 15) is 4.79 Å². The number of rotatable bonds is 3. The number of aryl methyl sites for hydroxylation is 1. The lowest BCUT2D eigenvalue weighted by Crippen LogP contribution is -2.34. The number of aromatic nitrogens is 6. The van der Waals surface area contributed by atoms with Gasteiger partial charge in [-0.3, -0.25) is 14.5 Å². The van der Waals surface area contributed by atoms with Crippen LogP contribution in [0, 0.1) is 13.8 Å². The summed E-state index contributed by atoms with van der Waals surface area (Å²) < 4.78 is 8.78. The predicted molar refractivity (Wildman–Crippen MR) is 119 cm³/mol. The van der Waals surface area contributed by atoms with Crippen molar-refractivity contribution in [2.24, 2.45) is 0 Å². The lowest BCUT2D eigenvalue weighted by molar-refractivity contribution is -0.0278. The summed E-state index contributed by atoms with van der Waals surface area (Å²) in [6, 6.07) is 5.96. The van der Waals surface area contributed by atoms with Crippen molar-refractivity contribution in [3.8, 4) is 11.3 Å². The fourth-order valence-corrected chi connectivity index (χ4v) is 4.50. The van der Waals surface area contributed by atoms with E-state index in [2.05, 4.69) is 26.1 Å². The highest BCUT2D eigenvalue weighted by molar-refractivity contribution is 5.62. The van der Waals surface area contributed by atoms with Crippen molar-refractivity contribution in [1.82, 2.24) is 29.4 Å². The molecule has 0 aliphatic carbocycles. The number of ether oxygens (including phenoxy) is 1. The maximum absolute atomic E-state index is 12.4. The molecule has 0 atom stereocenters. The van der Waals surface area contributed by atoms with Gasteiger partial charge < -0.3 is 9.64 Å². The van der Waals surface area contributed by atoms with E-state index in [1.807, 2.05) is 37.0 Å². The van der Waals surface area contributed by atoms with E-state index in [-0.39, 0.29) is 11.6 Å². The van der Waals surface area contributed by atoms with Crippen molar-refractivity contribution in [2.45, 2.75) is 32.9 Å². The Hall–Kier alpha value is -3.59. The summed E-state index contributed by atoms with van der Waals surface area (Å²) in [7, 11) is 0. The third-order valence-corrected chi connectivity index (χ3v) is 6.52. The van der Waals surface area contributed by atoms with Gasteiger partial charge in [-0.15, -0.1) is 5.10 Å². The molecule has 6 heterocycles. The Morgan fingerprint density at radius 3 is 2.78 bits per heavy atom. The van der Waals surface area contributed by atoms with Crippen molar-refractivity contribution in [3.05, 3.63) is 69.5 Å². The molecule has 1 saturated heterocycles. The summed E-state index contributed by atoms with van der Waals surface area (Å²) in [4.78, 5) is 23.7. The molecular weight excluding hydrogens is 406 g/mol. The average Bonchev–Trinajstić information content (AvgIpc) is 3.24. The molecule has 0 saturated carbocycles. The molecule has 0 unspecified atom stereocenters. The van der Waals surface area contributed by atoms with Gasteiger partial charge in [0.2, 0.25) is 0 Å². The average molecular weight is 429 g/mol. The lowest BCUT2D eigenvalue weighted by atomic mass is 10.0. The number of hydrogen-bond donors (Lipinski definition) is 0. The molecule has 4 aromatic rings. The molecule has 2 aliphatic rings. The Morgan fingerprint density at radius 2 is 1.97 bits per heavy atom. The van der Waals surface area contributed by atoms with Gasteiger partial charge in [-0.1, -0.05) is 0 Å². The molecule has 0 radical (unpaired) electrons. The zero-order valence-corrected chi connectivity index (χ0v) is 18.0. The van der Waals surface area contributed by atoms with Crippen molar-refractivity contribution in [1.29, 1.82) is 0 Å². The van der Waals surface area contributed by atoms with Crippen LogP contribution in [-0.4, -0.2) is 49.1 Å². The predicted octanol–water partition coefficient (Wildman–Crippen LogP) is 2.10. The van der Waals surface area contributed by atoms with Crippen LogP contribution in [0.15, 0.2) is 41.6 Å². The van der Waals surface area contributed by atoms with Crippen LogP contribution in [0.2, 0.25) is 0 Å². The van der Waals surface area contributed by atoms with E-state index in [0.29, 0.717) is 25.4 Å². The van der Waals surface area contributed by atoms with Crippen LogP contribution in [0.1, 0.15) is 28.4 Å². The first-order valence-electron chi connectivity index (χ1n) is 10.8. The summed E-state index contributed by atoms with van der Waals surface area (Å²) in [6.45, 7) is 6.91. The van der Waals surface area contributed by atoms with Gasteiger partial charge in [0.15, 0.2) is 11.5 Å². The molecule has 0 bridgehead atoms. The molecule has 0 aromatic carbocycles. The Morgan fingerprint density at radius 1 is 1.09 bits per heavy atom. The molecule has 6 rings (SSSR count). The fraction of sp³-hybridized carbons (Fsp3) is 0.348. The Kier molecular flexibility index (Phi) is 4.32. The van der Waals surface area contributed by atoms with Gasteiger partial charge in [-0.05, 0) is 31.5 Å². The van der Waals surface area contributed by atoms with E-state index >= 15 is 0 Å². The number of anilines is 1. The van der Waals surface area contributed by atoms with Crippen molar-refractivity contribution < 1.29 is 4.74 Å². The Bertz CT molecular complexity index is 1400. The van der Waals surface area contributed by atoms with Gasteiger partial charge >= 0.3 is 0 Å². The van der Waals surface area contributed by atoms with Gasteiger partial charge in [-0.25, -0.2) is 4.98 Å². The maximum Gasteiger partial charge on any atom is 0.274 e. The van der Waals surface area contributed by atoms with Crippen LogP contribution in [0.3, 0.4) is 0 Å². The summed E-state index contributed by atoms with van der Waals surface area (Å²) in [5.74, 6) is 0.817. The molecule has 0 N–H and O–H groups in total. The normalized spacial score (nSPS) is 16.2. The van der Waals surface area contributed by atoms with E-state index in [0.717, 1.165) is 46.9 Å². The van der Waals surface area contributed by atoms with Crippen LogP contribution in [-0.2, 0) is 17.7 Å². The molecule has 9 nitrogen and oxygen atoms in total. The standard InChI is InChI=1S/C23H23N7O2/c1-14-15(2)23(27-30-21(31)4-6-24-22(14)30)28-8-5-19-17(11-28)9-16(10-25-19)20-3-7-26-29(20)18-12-32-13-18/h3-4,6-7,9-10,18H,5,8,11-13H2,1-2H3. The number of nitrogens with zero attached hydrogens (tertiary/aromatic N) is 7. The highest BCUT2D eigenvalue weighted by atomic mass is 16.5. The smallest absolute Gasteiger partial charge is 0.274 e. The highest BCUT2D eigenvalue weighted by Crippen LogP contribution is 2.31. The largest absolute Gasteiger partial charge is 0.377 e. The minimum absolute atomic E-state index is 0.172. The summed E-state index contributed by atoms with van der Waals surface area (Å²) in [5, 5.41) is 9.18. The summed E-state index contributed by atoms with van der Waals surface area (Å²) in [6.07, 6.45) is 6.13. The Balaban J connectivity index is 1.38. The van der Waals surface area contributed by atoms with Crippen LogP contribution in [0.4, 0.5) is 5.82 Å². The molecular formula is C23H23N7O2. The van der Waals surface area contributed by atoms with Gasteiger partial charge in [-0.2, -0.15) is 9.61 Å².